The molecule has 118 valence electrons. The van der Waals surface area contributed by atoms with Gasteiger partial charge in [-0.2, -0.15) is 4.31 Å². The predicted octanol–water partition coefficient (Wildman–Crippen LogP) is 0.417. The third kappa shape index (κ3) is 3.56. The van der Waals surface area contributed by atoms with Gasteiger partial charge in [-0.05, 0) is 0 Å². The Balaban J connectivity index is 3.49. The third-order valence-electron chi connectivity index (χ3n) is 2.70. The molecule has 0 radical (unpaired) electrons. The summed E-state index contributed by atoms with van der Waals surface area (Å²) in [6.45, 7) is -0.680. The summed E-state index contributed by atoms with van der Waals surface area (Å²) in [5, 5.41) is 8.74. The molecule has 0 fully saturated rings. The van der Waals surface area contributed by atoms with Crippen molar-refractivity contribution in [1.82, 2.24) is 4.31 Å². The second-order valence-electron chi connectivity index (χ2n) is 4.02. The van der Waals surface area contributed by atoms with Crippen molar-refractivity contribution in [2.45, 2.75) is 4.90 Å². The van der Waals surface area contributed by atoms with Crippen LogP contribution in [-0.2, 0) is 14.8 Å². The lowest BCUT2D eigenvalue weighted by atomic mass is 10.3. The molecular weight excluding hydrogens is 302 g/mol. The summed E-state index contributed by atoms with van der Waals surface area (Å²) in [6, 6.07) is 2.76. The molecule has 1 N–H and O–H groups in total. The fraction of sp³-hybridized carbons (Fsp3) is 0.417. The lowest BCUT2D eigenvalue weighted by Gasteiger charge is -2.19. The Morgan fingerprint density at radius 1 is 1.14 bits per heavy atom. The summed E-state index contributed by atoms with van der Waals surface area (Å²) < 4.78 is 40.8. The van der Waals surface area contributed by atoms with Gasteiger partial charge in [0.05, 0.1) is 21.3 Å². The number of hydrogen-bond acceptors (Lipinski definition) is 6. The molecule has 0 spiro atoms. The van der Waals surface area contributed by atoms with Crippen LogP contribution < -0.4 is 14.2 Å². The first kappa shape index (κ1) is 17.1. The maximum atomic E-state index is 12.5. The number of sulfonamides is 1. The predicted molar refractivity (Wildman–Crippen MR) is 73.5 cm³/mol. The van der Waals surface area contributed by atoms with Crippen molar-refractivity contribution in [2.24, 2.45) is 0 Å². The molecule has 21 heavy (non-hydrogen) atoms. The summed E-state index contributed by atoms with van der Waals surface area (Å²) in [4.78, 5) is 10.5. The van der Waals surface area contributed by atoms with Crippen LogP contribution in [0.3, 0.4) is 0 Å². The molecule has 0 aliphatic rings. The summed E-state index contributed by atoms with van der Waals surface area (Å²) in [6.07, 6.45) is 0. The minimum absolute atomic E-state index is 0.00318. The highest BCUT2D eigenvalue weighted by Gasteiger charge is 2.31. The molecule has 0 bridgehead atoms. The summed E-state index contributed by atoms with van der Waals surface area (Å²) in [5.41, 5.74) is 0. The smallest absolute Gasteiger partial charge is 0.318 e. The van der Waals surface area contributed by atoms with E-state index < -0.39 is 22.5 Å². The van der Waals surface area contributed by atoms with Gasteiger partial charge >= 0.3 is 5.97 Å². The van der Waals surface area contributed by atoms with Crippen LogP contribution in [0.2, 0.25) is 0 Å². The Labute approximate surface area is 122 Å². The molecule has 0 unspecified atom stereocenters. The van der Waals surface area contributed by atoms with E-state index in [9.17, 15) is 13.2 Å². The van der Waals surface area contributed by atoms with E-state index >= 15 is 0 Å². The maximum Gasteiger partial charge on any atom is 0.318 e. The highest BCUT2D eigenvalue weighted by molar-refractivity contribution is 7.89. The molecule has 0 aromatic heterocycles. The zero-order valence-corrected chi connectivity index (χ0v) is 12.9. The van der Waals surface area contributed by atoms with Crippen LogP contribution in [-0.4, -0.2) is 58.7 Å². The van der Waals surface area contributed by atoms with E-state index in [-0.39, 0.29) is 16.4 Å². The van der Waals surface area contributed by atoms with Crippen LogP contribution in [0, 0.1) is 0 Å². The van der Waals surface area contributed by atoms with Crippen LogP contribution in [0.1, 0.15) is 0 Å². The van der Waals surface area contributed by atoms with Gasteiger partial charge in [0.1, 0.15) is 23.8 Å². The Bertz CT molecular complexity index is 601. The van der Waals surface area contributed by atoms with Gasteiger partial charge in [0, 0.05) is 19.2 Å². The van der Waals surface area contributed by atoms with E-state index in [1.165, 1.54) is 33.5 Å². The van der Waals surface area contributed by atoms with Gasteiger partial charge in [-0.25, -0.2) is 8.42 Å². The number of carboxylic acids is 1. The van der Waals surface area contributed by atoms with Gasteiger partial charge in [-0.3, -0.25) is 4.79 Å². The Kier molecular flexibility index (Phi) is 5.39. The number of aliphatic carboxylic acids is 1. The second-order valence-corrected chi connectivity index (χ2v) is 6.00. The first-order valence-corrected chi connectivity index (χ1v) is 7.20. The fourth-order valence-corrected chi connectivity index (χ4v) is 3.04. The van der Waals surface area contributed by atoms with E-state index in [0.717, 1.165) is 7.05 Å². The molecule has 0 amide bonds. The molecule has 0 saturated heterocycles. The van der Waals surface area contributed by atoms with E-state index in [1.54, 1.807) is 0 Å². The Hall–Kier alpha value is -2.00. The lowest BCUT2D eigenvalue weighted by Crippen LogP contribution is -2.32. The van der Waals surface area contributed by atoms with E-state index in [1.807, 2.05) is 0 Å². The van der Waals surface area contributed by atoms with Gasteiger partial charge < -0.3 is 19.3 Å². The number of benzene rings is 1. The van der Waals surface area contributed by atoms with E-state index in [4.69, 9.17) is 19.3 Å². The molecule has 1 aromatic rings. The van der Waals surface area contributed by atoms with Gasteiger partial charge in [-0.15, -0.1) is 0 Å². The monoisotopic (exact) mass is 319 g/mol. The van der Waals surface area contributed by atoms with Crippen LogP contribution >= 0.6 is 0 Å². The van der Waals surface area contributed by atoms with Crippen LogP contribution in [0.5, 0.6) is 17.2 Å². The van der Waals surface area contributed by atoms with Gasteiger partial charge in [0.25, 0.3) is 10.0 Å². The van der Waals surface area contributed by atoms with Crippen molar-refractivity contribution in [3.63, 3.8) is 0 Å². The fourth-order valence-electron chi connectivity index (χ4n) is 1.66. The lowest BCUT2D eigenvalue weighted by molar-refractivity contribution is -0.137. The number of ether oxygens (including phenoxy) is 3. The molecule has 0 saturated carbocycles. The normalized spacial score (nSPS) is 11.3. The number of carboxylic acid groups (broad SMARTS) is 1. The van der Waals surface area contributed by atoms with Crippen molar-refractivity contribution in [1.29, 1.82) is 0 Å². The Morgan fingerprint density at radius 2 is 1.62 bits per heavy atom. The highest BCUT2D eigenvalue weighted by Crippen LogP contribution is 2.38. The van der Waals surface area contributed by atoms with E-state index in [2.05, 4.69) is 0 Å². The molecule has 8 nitrogen and oxygen atoms in total. The Morgan fingerprint density at radius 3 is 1.95 bits per heavy atom. The number of hydrogen-bond donors (Lipinski definition) is 1. The molecule has 1 rings (SSSR count). The minimum Gasteiger partial charge on any atom is -0.496 e. The zero-order chi connectivity index (χ0) is 16.2. The molecule has 0 atom stereocenters. The molecule has 9 heteroatoms. The average Bonchev–Trinajstić information content (AvgIpc) is 2.44. The number of methoxy groups -OCH3 is 3. The maximum absolute atomic E-state index is 12.5. The SMILES string of the molecule is COc1cc(OC)c(S(=O)(=O)N(C)CC(=O)O)c(OC)c1. The first-order chi connectivity index (χ1) is 9.77. The van der Waals surface area contributed by atoms with Gasteiger partial charge in [0.15, 0.2) is 4.90 Å². The summed E-state index contributed by atoms with van der Waals surface area (Å²) in [7, 11) is 1.07. The number of rotatable bonds is 7. The van der Waals surface area contributed by atoms with Crippen LogP contribution in [0.25, 0.3) is 0 Å². The minimum atomic E-state index is -4.10. The van der Waals surface area contributed by atoms with Crippen LogP contribution in [0.15, 0.2) is 17.0 Å². The number of nitrogens with zero attached hydrogens (tertiary/aromatic N) is 1. The zero-order valence-electron chi connectivity index (χ0n) is 12.1. The molecule has 0 aliphatic heterocycles. The third-order valence-corrected chi connectivity index (χ3v) is 4.56. The van der Waals surface area contributed by atoms with Crippen molar-refractivity contribution in [3.05, 3.63) is 12.1 Å². The number of likely N-dealkylation sites (N-methyl/N-ethyl adjacent to an activating group) is 1. The highest BCUT2D eigenvalue weighted by atomic mass is 32.2. The first-order valence-electron chi connectivity index (χ1n) is 5.76. The molecule has 0 aliphatic carbocycles. The standard InChI is InChI=1S/C12H17NO7S/c1-13(7-11(14)15)21(16,17)12-9(19-3)5-8(18-2)6-10(12)20-4/h5-6H,7H2,1-4H3,(H,14,15). The second kappa shape index (κ2) is 6.64. The van der Waals surface area contributed by atoms with Gasteiger partial charge in [0.2, 0.25) is 0 Å². The van der Waals surface area contributed by atoms with E-state index in [0.29, 0.717) is 10.1 Å². The molecule has 0 heterocycles. The number of carbonyl (C=O) groups is 1. The van der Waals surface area contributed by atoms with Crippen molar-refractivity contribution in [2.75, 3.05) is 34.9 Å². The quantitative estimate of drug-likeness (QED) is 0.777. The van der Waals surface area contributed by atoms with Crippen LogP contribution in [0.4, 0.5) is 0 Å². The summed E-state index contributed by atoms with van der Waals surface area (Å²) >= 11 is 0. The molecular formula is C12H17NO7S. The van der Waals surface area contributed by atoms with Crippen molar-refractivity contribution < 1.29 is 32.5 Å². The topological polar surface area (TPSA) is 102 Å². The van der Waals surface area contributed by atoms with Gasteiger partial charge in [-0.1, -0.05) is 0 Å². The average molecular weight is 319 g/mol. The summed E-state index contributed by atoms with van der Waals surface area (Å²) in [5.74, 6) is -0.914. The van der Waals surface area contributed by atoms with Crippen molar-refractivity contribution in [3.8, 4) is 17.2 Å². The largest absolute Gasteiger partial charge is 0.496 e. The van der Waals surface area contributed by atoms with Crippen molar-refractivity contribution >= 4 is 16.0 Å². The molecule has 1 aromatic carbocycles.